The zero-order valence-corrected chi connectivity index (χ0v) is 10.5. The fourth-order valence-electron chi connectivity index (χ4n) is 2.21. The Kier molecular flexibility index (Phi) is 3.03. The summed E-state index contributed by atoms with van der Waals surface area (Å²) < 4.78 is 0.854. The molecule has 0 radical (unpaired) electrons. The second kappa shape index (κ2) is 4.14. The number of aryl methyl sites for hydroxylation is 1. The van der Waals surface area contributed by atoms with Crippen LogP contribution in [0.2, 0.25) is 0 Å². The van der Waals surface area contributed by atoms with Gasteiger partial charge in [0.25, 0.3) is 0 Å². The van der Waals surface area contributed by atoms with Crippen LogP contribution in [0.1, 0.15) is 42.5 Å². The second-order valence-electron chi connectivity index (χ2n) is 4.26. The molecule has 0 saturated heterocycles. The summed E-state index contributed by atoms with van der Waals surface area (Å²) in [5.74, 6) is 0.325. The zero-order chi connectivity index (χ0) is 11.0. The van der Waals surface area contributed by atoms with E-state index in [-0.39, 0.29) is 6.04 Å². The lowest BCUT2D eigenvalue weighted by molar-refractivity contribution is 0.457. The van der Waals surface area contributed by atoms with E-state index in [2.05, 4.69) is 22.0 Å². The number of halogens is 1. The number of phenols is 1. The molecule has 1 aromatic carbocycles. The highest BCUT2D eigenvalue weighted by Gasteiger charge is 2.19. The highest BCUT2D eigenvalue weighted by Crippen LogP contribution is 2.39. The van der Waals surface area contributed by atoms with E-state index in [1.165, 1.54) is 24.0 Å². The molecule has 0 amide bonds. The van der Waals surface area contributed by atoms with Gasteiger partial charge in [-0.05, 0) is 59.7 Å². The van der Waals surface area contributed by atoms with Gasteiger partial charge < -0.3 is 10.8 Å². The van der Waals surface area contributed by atoms with Gasteiger partial charge in [-0.1, -0.05) is 6.07 Å². The van der Waals surface area contributed by atoms with Crippen molar-refractivity contribution in [2.45, 2.75) is 38.6 Å². The Morgan fingerprint density at radius 1 is 1.40 bits per heavy atom. The van der Waals surface area contributed by atoms with Gasteiger partial charge in [0.15, 0.2) is 0 Å². The first-order chi connectivity index (χ1) is 7.11. The third-order valence-corrected chi connectivity index (χ3v) is 3.93. The Balaban J connectivity index is 2.57. The van der Waals surface area contributed by atoms with Crippen LogP contribution in [-0.4, -0.2) is 5.11 Å². The average molecular weight is 270 g/mol. The molecule has 15 heavy (non-hydrogen) atoms. The van der Waals surface area contributed by atoms with E-state index in [0.29, 0.717) is 5.75 Å². The van der Waals surface area contributed by atoms with Gasteiger partial charge in [-0.25, -0.2) is 0 Å². The van der Waals surface area contributed by atoms with Crippen molar-refractivity contribution in [3.63, 3.8) is 0 Å². The van der Waals surface area contributed by atoms with Crippen molar-refractivity contribution >= 4 is 15.9 Å². The van der Waals surface area contributed by atoms with Crippen LogP contribution in [0.15, 0.2) is 10.5 Å². The number of hydrogen-bond donors (Lipinski definition) is 2. The molecule has 82 valence electrons. The molecule has 2 nitrogen and oxygen atoms in total. The van der Waals surface area contributed by atoms with Crippen LogP contribution in [0.5, 0.6) is 5.75 Å². The summed E-state index contributed by atoms with van der Waals surface area (Å²) in [5, 5.41) is 10.00. The van der Waals surface area contributed by atoms with Crippen molar-refractivity contribution in [1.29, 1.82) is 0 Å². The molecule has 3 N–H and O–H groups in total. The van der Waals surface area contributed by atoms with E-state index >= 15 is 0 Å². The Morgan fingerprint density at radius 3 is 2.73 bits per heavy atom. The van der Waals surface area contributed by atoms with E-state index in [1.807, 2.05) is 6.92 Å². The summed E-state index contributed by atoms with van der Waals surface area (Å²) >= 11 is 3.48. The zero-order valence-electron chi connectivity index (χ0n) is 8.89. The maximum Gasteiger partial charge on any atom is 0.134 e. The molecule has 0 aromatic heterocycles. The molecule has 1 aromatic rings. The average Bonchev–Trinajstić information content (AvgIpc) is 2.23. The Hall–Kier alpha value is -0.540. The molecule has 0 aliphatic heterocycles. The number of benzene rings is 1. The molecule has 3 heteroatoms. The lowest BCUT2D eigenvalue weighted by atomic mass is 9.89. The van der Waals surface area contributed by atoms with Gasteiger partial charge in [0.05, 0.1) is 4.47 Å². The van der Waals surface area contributed by atoms with Crippen LogP contribution >= 0.6 is 15.9 Å². The summed E-state index contributed by atoms with van der Waals surface area (Å²) in [6, 6.07) is 1.95. The van der Waals surface area contributed by atoms with E-state index < -0.39 is 0 Å². The minimum atomic E-state index is -0.117. The highest BCUT2D eigenvalue weighted by atomic mass is 79.9. The lowest BCUT2D eigenvalue weighted by Gasteiger charge is -2.21. The van der Waals surface area contributed by atoms with Gasteiger partial charge >= 0.3 is 0 Å². The first kappa shape index (κ1) is 11.0. The van der Waals surface area contributed by atoms with E-state index in [4.69, 9.17) is 5.73 Å². The number of aromatic hydroxyl groups is 1. The van der Waals surface area contributed by atoms with Crippen molar-refractivity contribution in [3.05, 3.63) is 27.2 Å². The minimum Gasteiger partial charge on any atom is -0.506 e. The maximum atomic E-state index is 10.00. The van der Waals surface area contributed by atoms with Crippen LogP contribution in [-0.2, 0) is 12.8 Å². The molecule has 1 aliphatic carbocycles. The largest absolute Gasteiger partial charge is 0.506 e. The first-order valence-corrected chi connectivity index (χ1v) is 6.19. The molecule has 0 heterocycles. The van der Waals surface area contributed by atoms with Crippen molar-refractivity contribution in [2.75, 3.05) is 0 Å². The van der Waals surface area contributed by atoms with Crippen molar-refractivity contribution in [1.82, 2.24) is 0 Å². The third-order valence-electron chi connectivity index (χ3n) is 3.08. The molecular formula is C12H16BrNO. The first-order valence-electron chi connectivity index (χ1n) is 5.40. The molecule has 1 unspecified atom stereocenters. The van der Waals surface area contributed by atoms with Gasteiger partial charge in [-0.15, -0.1) is 0 Å². The highest BCUT2D eigenvalue weighted by molar-refractivity contribution is 9.10. The fourth-order valence-corrected chi connectivity index (χ4v) is 2.89. The van der Waals surface area contributed by atoms with Gasteiger partial charge in [0, 0.05) is 11.6 Å². The second-order valence-corrected chi connectivity index (χ2v) is 5.05. The van der Waals surface area contributed by atoms with Crippen LogP contribution in [0, 0.1) is 0 Å². The minimum absolute atomic E-state index is 0.117. The lowest BCUT2D eigenvalue weighted by Crippen LogP contribution is -2.10. The van der Waals surface area contributed by atoms with Crippen LogP contribution in [0.4, 0.5) is 0 Å². The van der Waals surface area contributed by atoms with Crippen LogP contribution < -0.4 is 5.73 Å². The maximum absolute atomic E-state index is 10.00. The number of nitrogens with two attached hydrogens (primary N) is 1. The summed E-state index contributed by atoms with van der Waals surface area (Å²) in [7, 11) is 0. The SMILES string of the molecule is CC(N)c1cc2c(c(Br)c1O)CCCC2. The topological polar surface area (TPSA) is 46.2 Å². The number of phenolic OH excluding ortho intramolecular Hbond substituents is 1. The Morgan fingerprint density at radius 2 is 2.07 bits per heavy atom. The van der Waals surface area contributed by atoms with Crippen molar-refractivity contribution in [2.24, 2.45) is 5.73 Å². The molecule has 0 bridgehead atoms. The number of hydrogen-bond acceptors (Lipinski definition) is 2. The molecule has 0 saturated carbocycles. The van der Waals surface area contributed by atoms with Crippen LogP contribution in [0.3, 0.4) is 0 Å². The summed E-state index contributed by atoms with van der Waals surface area (Å²) in [6.45, 7) is 1.90. The molecule has 2 rings (SSSR count). The quantitative estimate of drug-likeness (QED) is 0.823. The Bertz CT molecular complexity index is 388. The van der Waals surface area contributed by atoms with Gasteiger partial charge in [-0.2, -0.15) is 0 Å². The van der Waals surface area contributed by atoms with Crippen molar-refractivity contribution in [3.8, 4) is 5.75 Å². The predicted molar refractivity (Wildman–Crippen MR) is 65.1 cm³/mol. The van der Waals surface area contributed by atoms with Crippen LogP contribution in [0.25, 0.3) is 0 Å². The summed E-state index contributed by atoms with van der Waals surface area (Å²) in [4.78, 5) is 0. The third kappa shape index (κ3) is 1.91. The molecule has 1 aliphatic rings. The van der Waals surface area contributed by atoms with Gasteiger partial charge in [0.1, 0.15) is 5.75 Å². The standard InChI is InChI=1S/C12H16BrNO/c1-7(14)10-6-8-4-2-3-5-9(8)11(13)12(10)15/h6-7,15H,2-5,14H2,1H3. The van der Waals surface area contributed by atoms with Gasteiger partial charge in [0.2, 0.25) is 0 Å². The monoisotopic (exact) mass is 269 g/mol. The number of fused-ring (bicyclic) bond motifs is 1. The predicted octanol–water partition coefficient (Wildman–Crippen LogP) is 3.05. The molecule has 1 atom stereocenters. The van der Waals surface area contributed by atoms with Crippen molar-refractivity contribution < 1.29 is 5.11 Å². The summed E-state index contributed by atoms with van der Waals surface area (Å²) in [5.41, 5.74) is 9.30. The molecule has 0 spiro atoms. The molecular weight excluding hydrogens is 254 g/mol. The normalized spacial score (nSPS) is 17.3. The van der Waals surface area contributed by atoms with Gasteiger partial charge in [-0.3, -0.25) is 0 Å². The van der Waals surface area contributed by atoms with E-state index in [1.54, 1.807) is 0 Å². The molecule has 0 fully saturated rings. The Labute approximate surface area is 98.6 Å². The summed E-state index contributed by atoms with van der Waals surface area (Å²) in [6.07, 6.45) is 4.61. The van der Waals surface area contributed by atoms with E-state index in [0.717, 1.165) is 22.9 Å². The number of rotatable bonds is 1. The van der Waals surface area contributed by atoms with E-state index in [9.17, 15) is 5.11 Å². The smallest absolute Gasteiger partial charge is 0.134 e. The fraction of sp³-hybridized carbons (Fsp3) is 0.500.